The minimum atomic E-state index is -0.139. The van der Waals surface area contributed by atoms with Gasteiger partial charge in [0.2, 0.25) is 0 Å². The highest BCUT2D eigenvalue weighted by atomic mass is 16.5. The first-order valence-corrected chi connectivity index (χ1v) is 8.30. The summed E-state index contributed by atoms with van der Waals surface area (Å²) in [4.78, 5) is 12.5. The average molecular weight is 311 g/mol. The Kier molecular flexibility index (Phi) is 6.67. The maximum Gasteiger partial charge on any atom is 0.259 e. The van der Waals surface area contributed by atoms with Crippen LogP contribution < -0.4 is 10.1 Å². The molecule has 2 aromatic rings. The summed E-state index contributed by atoms with van der Waals surface area (Å²) < 4.78 is 5.81. The van der Waals surface area contributed by atoms with Gasteiger partial charge in [-0.25, -0.2) is 0 Å². The van der Waals surface area contributed by atoms with E-state index < -0.39 is 0 Å². The third-order valence-corrected chi connectivity index (χ3v) is 3.66. The van der Waals surface area contributed by atoms with E-state index in [0.717, 1.165) is 24.1 Å². The molecule has 1 N–H and O–H groups in total. The Morgan fingerprint density at radius 2 is 1.87 bits per heavy atom. The normalized spacial score (nSPS) is 10.3. The number of aryl methyl sites for hydroxylation is 1. The van der Waals surface area contributed by atoms with Crippen LogP contribution in [-0.2, 0) is 0 Å². The van der Waals surface area contributed by atoms with Crippen molar-refractivity contribution in [3.05, 3.63) is 59.7 Å². The molecule has 0 bridgehead atoms. The molecular weight excluding hydrogens is 286 g/mol. The fourth-order valence-electron chi connectivity index (χ4n) is 2.41. The fourth-order valence-corrected chi connectivity index (χ4v) is 2.41. The molecule has 1 amide bonds. The van der Waals surface area contributed by atoms with Gasteiger partial charge in [-0.15, -0.1) is 0 Å². The van der Waals surface area contributed by atoms with Crippen molar-refractivity contribution in [2.45, 2.75) is 39.5 Å². The topological polar surface area (TPSA) is 38.3 Å². The summed E-state index contributed by atoms with van der Waals surface area (Å²) in [6.07, 6.45) is 4.60. The van der Waals surface area contributed by atoms with Gasteiger partial charge in [0.15, 0.2) is 0 Å². The number of unbranched alkanes of at least 4 members (excludes halogenated alkanes) is 3. The minimum Gasteiger partial charge on any atom is -0.493 e. The first kappa shape index (κ1) is 17.1. The highest BCUT2D eigenvalue weighted by molar-refractivity contribution is 6.06. The zero-order valence-corrected chi connectivity index (χ0v) is 14.0. The van der Waals surface area contributed by atoms with Gasteiger partial charge in [0, 0.05) is 5.69 Å². The molecule has 3 heteroatoms. The lowest BCUT2D eigenvalue weighted by Crippen LogP contribution is -2.14. The Balaban J connectivity index is 1.99. The van der Waals surface area contributed by atoms with Gasteiger partial charge >= 0.3 is 0 Å². The van der Waals surface area contributed by atoms with Crippen LogP contribution in [0.25, 0.3) is 0 Å². The minimum absolute atomic E-state index is 0.139. The van der Waals surface area contributed by atoms with Gasteiger partial charge in [-0.05, 0) is 43.2 Å². The van der Waals surface area contributed by atoms with E-state index in [4.69, 9.17) is 4.74 Å². The summed E-state index contributed by atoms with van der Waals surface area (Å²) >= 11 is 0. The third-order valence-electron chi connectivity index (χ3n) is 3.66. The Hall–Kier alpha value is -2.29. The van der Waals surface area contributed by atoms with E-state index in [1.165, 1.54) is 12.8 Å². The number of anilines is 1. The van der Waals surface area contributed by atoms with E-state index in [0.29, 0.717) is 17.9 Å². The molecule has 0 aromatic heterocycles. The zero-order valence-electron chi connectivity index (χ0n) is 14.0. The number of carbonyl (C=O) groups excluding carboxylic acids is 1. The number of hydrogen-bond donors (Lipinski definition) is 1. The molecule has 0 heterocycles. The standard InChI is InChI=1S/C20H25NO2/c1-3-4-5-8-14-23-19-13-7-6-12-18(19)20(22)21-17-11-9-10-16(2)15-17/h6-7,9-13,15H,3-5,8,14H2,1-2H3,(H,21,22). The maximum atomic E-state index is 12.5. The third kappa shape index (κ3) is 5.44. The maximum absolute atomic E-state index is 12.5. The molecule has 0 aliphatic carbocycles. The summed E-state index contributed by atoms with van der Waals surface area (Å²) in [6.45, 7) is 4.84. The predicted molar refractivity (Wildman–Crippen MR) is 95.2 cm³/mol. The van der Waals surface area contributed by atoms with Crippen molar-refractivity contribution in [3.8, 4) is 5.75 Å². The van der Waals surface area contributed by atoms with Crippen LogP contribution >= 0.6 is 0 Å². The van der Waals surface area contributed by atoms with Gasteiger partial charge in [-0.1, -0.05) is 50.5 Å². The Morgan fingerprint density at radius 3 is 2.65 bits per heavy atom. The highest BCUT2D eigenvalue weighted by Gasteiger charge is 2.12. The molecule has 3 nitrogen and oxygen atoms in total. The van der Waals surface area contributed by atoms with E-state index in [9.17, 15) is 4.79 Å². The second-order valence-corrected chi connectivity index (χ2v) is 5.73. The highest BCUT2D eigenvalue weighted by Crippen LogP contribution is 2.20. The molecule has 0 aliphatic rings. The molecule has 122 valence electrons. The molecule has 0 saturated heterocycles. The van der Waals surface area contributed by atoms with Crippen LogP contribution in [0.5, 0.6) is 5.75 Å². The summed E-state index contributed by atoms with van der Waals surface area (Å²) in [5, 5.41) is 2.93. The van der Waals surface area contributed by atoms with E-state index in [-0.39, 0.29) is 5.91 Å². The Morgan fingerprint density at radius 1 is 1.04 bits per heavy atom. The molecule has 0 saturated carbocycles. The van der Waals surface area contributed by atoms with E-state index in [1.54, 1.807) is 6.07 Å². The van der Waals surface area contributed by atoms with Crippen LogP contribution in [0.15, 0.2) is 48.5 Å². The molecule has 0 unspecified atom stereocenters. The summed E-state index contributed by atoms with van der Waals surface area (Å²) in [5.41, 5.74) is 2.49. The summed E-state index contributed by atoms with van der Waals surface area (Å²) in [5.74, 6) is 0.508. The zero-order chi connectivity index (χ0) is 16.5. The van der Waals surface area contributed by atoms with Crippen molar-refractivity contribution >= 4 is 11.6 Å². The van der Waals surface area contributed by atoms with Crippen LogP contribution in [0.1, 0.15) is 48.5 Å². The largest absolute Gasteiger partial charge is 0.493 e. The van der Waals surface area contributed by atoms with Gasteiger partial charge in [-0.2, -0.15) is 0 Å². The molecule has 2 aromatic carbocycles. The molecule has 23 heavy (non-hydrogen) atoms. The number of amides is 1. The van der Waals surface area contributed by atoms with Crippen LogP contribution in [-0.4, -0.2) is 12.5 Å². The Bertz CT molecular complexity index is 637. The number of carbonyl (C=O) groups is 1. The molecular formula is C20H25NO2. The smallest absolute Gasteiger partial charge is 0.259 e. The SMILES string of the molecule is CCCCCCOc1ccccc1C(=O)Nc1cccc(C)c1. The Labute approximate surface area is 138 Å². The van der Waals surface area contributed by atoms with Gasteiger partial charge < -0.3 is 10.1 Å². The lowest BCUT2D eigenvalue weighted by atomic mass is 10.1. The number of nitrogens with one attached hydrogen (secondary N) is 1. The van der Waals surface area contributed by atoms with Crippen molar-refractivity contribution in [1.29, 1.82) is 0 Å². The van der Waals surface area contributed by atoms with Gasteiger partial charge in [-0.3, -0.25) is 4.79 Å². The quantitative estimate of drug-likeness (QED) is 0.680. The second kappa shape index (κ2) is 8.99. The van der Waals surface area contributed by atoms with Crippen molar-refractivity contribution < 1.29 is 9.53 Å². The number of para-hydroxylation sites is 1. The fraction of sp³-hybridized carbons (Fsp3) is 0.350. The lowest BCUT2D eigenvalue weighted by Gasteiger charge is -2.12. The number of hydrogen-bond acceptors (Lipinski definition) is 2. The van der Waals surface area contributed by atoms with E-state index in [1.807, 2.05) is 49.4 Å². The first-order chi connectivity index (χ1) is 11.2. The van der Waals surface area contributed by atoms with E-state index in [2.05, 4.69) is 12.2 Å². The molecule has 2 rings (SSSR count). The first-order valence-electron chi connectivity index (χ1n) is 8.30. The van der Waals surface area contributed by atoms with Crippen LogP contribution in [0.2, 0.25) is 0 Å². The van der Waals surface area contributed by atoms with Gasteiger partial charge in [0.1, 0.15) is 5.75 Å². The number of ether oxygens (including phenoxy) is 1. The summed E-state index contributed by atoms with van der Waals surface area (Å²) in [7, 11) is 0. The average Bonchev–Trinajstić information content (AvgIpc) is 2.55. The number of benzene rings is 2. The van der Waals surface area contributed by atoms with Crippen LogP contribution in [0.3, 0.4) is 0 Å². The lowest BCUT2D eigenvalue weighted by molar-refractivity contribution is 0.102. The molecule has 0 aliphatic heterocycles. The van der Waals surface area contributed by atoms with Crippen molar-refractivity contribution in [2.24, 2.45) is 0 Å². The molecule has 0 spiro atoms. The van der Waals surface area contributed by atoms with Crippen LogP contribution in [0.4, 0.5) is 5.69 Å². The van der Waals surface area contributed by atoms with Gasteiger partial charge in [0.25, 0.3) is 5.91 Å². The van der Waals surface area contributed by atoms with Crippen molar-refractivity contribution in [3.63, 3.8) is 0 Å². The van der Waals surface area contributed by atoms with Crippen molar-refractivity contribution in [1.82, 2.24) is 0 Å². The molecule has 0 atom stereocenters. The van der Waals surface area contributed by atoms with Crippen molar-refractivity contribution in [2.75, 3.05) is 11.9 Å². The van der Waals surface area contributed by atoms with Gasteiger partial charge in [0.05, 0.1) is 12.2 Å². The second-order valence-electron chi connectivity index (χ2n) is 5.73. The monoisotopic (exact) mass is 311 g/mol. The molecule has 0 fully saturated rings. The van der Waals surface area contributed by atoms with E-state index >= 15 is 0 Å². The predicted octanol–water partition coefficient (Wildman–Crippen LogP) is 5.21. The number of rotatable bonds is 8. The summed E-state index contributed by atoms with van der Waals surface area (Å²) in [6, 6.07) is 15.2. The molecule has 0 radical (unpaired) electrons. The van der Waals surface area contributed by atoms with Crippen LogP contribution in [0, 0.1) is 6.92 Å².